The SMILES string of the molecule is CCO[Si](CCCN)(OCC)OC(C)CCN. The molecule has 104 valence electrons. The smallest absolute Gasteiger partial charge is 0.374 e. The van der Waals surface area contributed by atoms with Crippen LogP contribution in [0.15, 0.2) is 0 Å². The van der Waals surface area contributed by atoms with Gasteiger partial charge >= 0.3 is 8.80 Å². The molecule has 0 aromatic heterocycles. The topological polar surface area (TPSA) is 79.7 Å². The van der Waals surface area contributed by atoms with Crippen molar-refractivity contribution in [2.75, 3.05) is 26.3 Å². The van der Waals surface area contributed by atoms with E-state index in [1.54, 1.807) is 0 Å². The fourth-order valence-electron chi connectivity index (χ4n) is 1.67. The molecule has 17 heavy (non-hydrogen) atoms. The molecule has 0 amide bonds. The summed E-state index contributed by atoms with van der Waals surface area (Å²) in [5.74, 6) is 0. The lowest BCUT2D eigenvalue weighted by molar-refractivity contribution is 0.0362. The van der Waals surface area contributed by atoms with Crippen LogP contribution in [0.1, 0.15) is 33.6 Å². The van der Waals surface area contributed by atoms with E-state index in [1.807, 2.05) is 20.8 Å². The quantitative estimate of drug-likeness (QED) is 0.546. The number of hydrogen-bond donors (Lipinski definition) is 2. The van der Waals surface area contributed by atoms with E-state index < -0.39 is 8.80 Å². The highest BCUT2D eigenvalue weighted by Gasteiger charge is 2.41. The molecule has 6 heteroatoms. The lowest BCUT2D eigenvalue weighted by Gasteiger charge is -2.31. The Morgan fingerprint density at radius 3 is 2.06 bits per heavy atom. The Hall–Kier alpha value is 0.0169. The van der Waals surface area contributed by atoms with E-state index in [-0.39, 0.29) is 6.10 Å². The second-order valence-corrected chi connectivity index (χ2v) is 6.63. The van der Waals surface area contributed by atoms with Gasteiger partial charge in [0, 0.05) is 25.4 Å². The summed E-state index contributed by atoms with van der Waals surface area (Å²) in [5, 5.41) is 0. The van der Waals surface area contributed by atoms with Gasteiger partial charge < -0.3 is 24.7 Å². The lowest BCUT2D eigenvalue weighted by Crippen LogP contribution is -2.48. The number of nitrogens with two attached hydrogens (primary N) is 2. The number of rotatable bonds is 11. The minimum Gasteiger partial charge on any atom is -0.374 e. The van der Waals surface area contributed by atoms with Crippen molar-refractivity contribution in [1.82, 2.24) is 0 Å². The van der Waals surface area contributed by atoms with Crippen molar-refractivity contribution in [3.63, 3.8) is 0 Å². The highest BCUT2D eigenvalue weighted by molar-refractivity contribution is 6.60. The molecule has 0 aliphatic heterocycles. The Morgan fingerprint density at radius 1 is 1.06 bits per heavy atom. The van der Waals surface area contributed by atoms with E-state index in [1.165, 1.54) is 0 Å². The molecule has 0 rings (SSSR count). The molecule has 0 aliphatic rings. The maximum atomic E-state index is 6.02. The zero-order chi connectivity index (χ0) is 13.1. The second kappa shape index (κ2) is 9.99. The van der Waals surface area contributed by atoms with Gasteiger partial charge in [0.15, 0.2) is 0 Å². The Balaban J connectivity index is 4.50. The molecular formula is C11H28N2O3Si. The van der Waals surface area contributed by atoms with E-state index in [4.69, 9.17) is 24.7 Å². The van der Waals surface area contributed by atoms with Gasteiger partial charge in [-0.3, -0.25) is 0 Å². The molecule has 1 unspecified atom stereocenters. The molecule has 0 aromatic rings. The van der Waals surface area contributed by atoms with Crippen molar-refractivity contribution in [3.8, 4) is 0 Å². The van der Waals surface area contributed by atoms with Crippen molar-refractivity contribution in [2.24, 2.45) is 11.5 Å². The zero-order valence-electron chi connectivity index (χ0n) is 11.4. The Labute approximate surface area is 106 Å². The highest BCUT2D eigenvalue weighted by Crippen LogP contribution is 2.20. The van der Waals surface area contributed by atoms with Crippen LogP contribution in [-0.2, 0) is 13.3 Å². The Kier molecular flexibility index (Phi) is 10.00. The fourth-order valence-corrected chi connectivity index (χ4v) is 4.55. The van der Waals surface area contributed by atoms with Gasteiger partial charge in [-0.25, -0.2) is 0 Å². The van der Waals surface area contributed by atoms with Crippen LogP contribution in [0.5, 0.6) is 0 Å². The molecule has 0 aliphatic carbocycles. The van der Waals surface area contributed by atoms with E-state index in [9.17, 15) is 0 Å². The average molecular weight is 264 g/mol. The van der Waals surface area contributed by atoms with Gasteiger partial charge in [-0.2, -0.15) is 0 Å². The minimum atomic E-state index is -2.55. The molecule has 0 saturated carbocycles. The molecule has 0 spiro atoms. The van der Waals surface area contributed by atoms with Crippen molar-refractivity contribution < 1.29 is 13.3 Å². The van der Waals surface area contributed by atoms with Crippen molar-refractivity contribution >= 4 is 8.80 Å². The third-order valence-corrected chi connectivity index (χ3v) is 5.55. The predicted octanol–water partition coefficient (Wildman–Crippen LogP) is 1.10. The first-order valence-electron chi connectivity index (χ1n) is 6.50. The first-order valence-corrected chi connectivity index (χ1v) is 8.43. The van der Waals surface area contributed by atoms with Crippen LogP contribution in [0.2, 0.25) is 6.04 Å². The second-order valence-electron chi connectivity index (χ2n) is 3.95. The van der Waals surface area contributed by atoms with Crippen LogP contribution < -0.4 is 11.5 Å². The van der Waals surface area contributed by atoms with Crippen molar-refractivity contribution in [2.45, 2.75) is 45.8 Å². The van der Waals surface area contributed by atoms with Crippen LogP contribution in [0.3, 0.4) is 0 Å². The first-order chi connectivity index (χ1) is 8.14. The normalized spacial score (nSPS) is 13.9. The van der Waals surface area contributed by atoms with Crippen molar-refractivity contribution in [3.05, 3.63) is 0 Å². The molecule has 0 fully saturated rings. The van der Waals surface area contributed by atoms with Gasteiger partial charge in [0.25, 0.3) is 0 Å². The van der Waals surface area contributed by atoms with E-state index in [2.05, 4.69) is 0 Å². The molecule has 0 radical (unpaired) electrons. The summed E-state index contributed by atoms with van der Waals surface area (Å²) in [4.78, 5) is 0. The van der Waals surface area contributed by atoms with Crippen molar-refractivity contribution in [1.29, 1.82) is 0 Å². The molecule has 4 N–H and O–H groups in total. The largest absolute Gasteiger partial charge is 0.501 e. The first kappa shape index (κ1) is 17.0. The molecule has 1 atom stereocenters. The summed E-state index contributed by atoms with van der Waals surface area (Å²) in [6, 6.07) is 0.778. The molecule has 0 heterocycles. The monoisotopic (exact) mass is 264 g/mol. The lowest BCUT2D eigenvalue weighted by atomic mass is 10.3. The van der Waals surface area contributed by atoms with E-state index in [0.717, 1.165) is 18.9 Å². The van der Waals surface area contributed by atoms with Gasteiger partial charge in [0.2, 0.25) is 0 Å². The maximum absolute atomic E-state index is 6.02. The average Bonchev–Trinajstić information content (AvgIpc) is 2.27. The minimum absolute atomic E-state index is 0.0718. The summed E-state index contributed by atoms with van der Waals surface area (Å²) in [5.41, 5.74) is 11.1. The van der Waals surface area contributed by atoms with Crippen LogP contribution in [0.25, 0.3) is 0 Å². The van der Waals surface area contributed by atoms with Crippen LogP contribution in [-0.4, -0.2) is 41.2 Å². The van der Waals surface area contributed by atoms with Gasteiger partial charge in [0.1, 0.15) is 0 Å². The molecule has 0 aromatic carbocycles. The van der Waals surface area contributed by atoms with Crippen LogP contribution in [0, 0.1) is 0 Å². The Bertz CT molecular complexity index is 178. The summed E-state index contributed by atoms with van der Waals surface area (Å²) in [6.45, 7) is 8.37. The van der Waals surface area contributed by atoms with Gasteiger partial charge in [-0.15, -0.1) is 0 Å². The standard InChI is InChI=1S/C11H28N2O3Si/c1-4-14-17(15-5-2,10-6-8-12)16-11(3)7-9-13/h11H,4-10,12-13H2,1-3H3. The van der Waals surface area contributed by atoms with Gasteiger partial charge in [0.05, 0.1) is 0 Å². The predicted molar refractivity (Wildman–Crippen MR) is 71.7 cm³/mol. The van der Waals surface area contributed by atoms with E-state index >= 15 is 0 Å². The van der Waals surface area contributed by atoms with Crippen LogP contribution in [0.4, 0.5) is 0 Å². The van der Waals surface area contributed by atoms with Gasteiger partial charge in [-0.05, 0) is 46.7 Å². The molecule has 5 nitrogen and oxygen atoms in total. The Morgan fingerprint density at radius 2 is 1.65 bits per heavy atom. The fraction of sp³-hybridized carbons (Fsp3) is 1.00. The van der Waals surface area contributed by atoms with Gasteiger partial charge in [-0.1, -0.05) is 0 Å². The summed E-state index contributed by atoms with van der Waals surface area (Å²) in [6.07, 6.45) is 1.75. The molecule has 0 saturated heterocycles. The summed E-state index contributed by atoms with van der Waals surface area (Å²) < 4.78 is 17.6. The van der Waals surface area contributed by atoms with E-state index in [0.29, 0.717) is 26.3 Å². The molecular weight excluding hydrogens is 236 g/mol. The third kappa shape index (κ3) is 7.12. The molecule has 0 bridgehead atoms. The summed E-state index contributed by atoms with van der Waals surface area (Å²) in [7, 11) is -2.55. The summed E-state index contributed by atoms with van der Waals surface area (Å²) >= 11 is 0. The third-order valence-electron chi connectivity index (χ3n) is 2.37. The van der Waals surface area contributed by atoms with Crippen LogP contribution >= 0.6 is 0 Å². The maximum Gasteiger partial charge on any atom is 0.501 e. The zero-order valence-corrected chi connectivity index (χ0v) is 12.4. The number of hydrogen-bond acceptors (Lipinski definition) is 5. The highest BCUT2D eigenvalue weighted by atomic mass is 28.4.